The topological polar surface area (TPSA) is 96.9 Å². The highest BCUT2D eigenvalue weighted by Gasteiger charge is 2.13. The Hall–Kier alpha value is -4.26. The van der Waals surface area contributed by atoms with Gasteiger partial charge in [-0.3, -0.25) is 9.59 Å². The standard InChI is InChI=1S/C25H23N3O4/c1-3-18-7-11-21(12-8-18)27-23(29)24(30)28-26-16-19-9-13-22(14-10-19)32-25(31)20-6-4-5-17(2)15-20/h4-16H,3H2,1-2H3,(H,27,29)(H,28,30)/b26-16+. The molecule has 0 unspecified atom stereocenters. The molecule has 0 aliphatic heterocycles. The van der Waals surface area contributed by atoms with Crippen LogP contribution in [0.15, 0.2) is 77.9 Å². The number of ether oxygens (including phenoxy) is 1. The minimum atomic E-state index is -0.885. The van der Waals surface area contributed by atoms with Crippen molar-refractivity contribution in [1.29, 1.82) is 0 Å². The Morgan fingerprint density at radius 1 is 0.938 bits per heavy atom. The molecule has 0 aromatic heterocycles. The molecular weight excluding hydrogens is 406 g/mol. The van der Waals surface area contributed by atoms with E-state index in [4.69, 9.17) is 4.74 Å². The summed E-state index contributed by atoms with van der Waals surface area (Å²) in [5, 5.41) is 6.30. The molecule has 0 bridgehead atoms. The quantitative estimate of drug-likeness (QED) is 0.204. The summed E-state index contributed by atoms with van der Waals surface area (Å²) in [6.45, 7) is 3.93. The van der Waals surface area contributed by atoms with Gasteiger partial charge in [0, 0.05) is 5.69 Å². The molecule has 0 heterocycles. The second kappa shape index (κ2) is 10.7. The minimum absolute atomic E-state index is 0.381. The van der Waals surface area contributed by atoms with Crippen molar-refractivity contribution >= 4 is 29.7 Å². The molecule has 7 heteroatoms. The summed E-state index contributed by atoms with van der Waals surface area (Å²) in [5.74, 6) is -1.77. The summed E-state index contributed by atoms with van der Waals surface area (Å²) >= 11 is 0. The fourth-order valence-electron chi connectivity index (χ4n) is 2.79. The van der Waals surface area contributed by atoms with Crippen molar-refractivity contribution in [3.63, 3.8) is 0 Å². The van der Waals surface area contributed by atoms with Crippen LogP contribution >= 0.6 is 0 Å². The first kappa shape index (κ1) is 22.4. The van der Waals surface area contributed by atoms with Gasteiger partial charge >= 0.3 is 17.8 Å². The van der Waals surface area contributed by atoms with E-state index >= 15 is 0 Å². The van der Waals surface area contributed by atoms with E-state index in [1.807, 2.05) is 32.0 Å². The number of benzene rings is 3. The number of carbonyl (C=O) groups excluding carboxylic acids is 3. The maximum absolute atomic E-state index is 12.2. The molecule has 0 saturated carbocycles. The molecule has 3 aromatic rings. The van der Waals surface area contributed by atoms with Gasteiger partial charge in [0.2, 0.25) is 0 Å². The Bertz CT molecular complexity index is 1140. The van der Waals surface area contributed by atoms with E-state index in [2.05, 4.69) is 15.8 Å². The Morgan fingerprint density at radius 3 is 2.31 bits per heavy atom. The van der Waals surface area contributed by atoms with Crippen LogP contribution in [-0.2, 0) is 16.0 Å². The molecule has 7 nitrogen and oxygen atoms in total. The Labute approximate surface area is 186 Å². The predicted octanol–water partition coefficient (Wildman–Crippen LogP) is 3.87. The van der Waals surface area contributed by atoms with E-state index in [0.29, 0.717) is 22.6 Å². The molecule has 0 aliphatic carbocycles. The first-order valence-corrected chi connectivity index (χ1v) is 10.1. The zero-order valence-corrected chi connectivity index (χ0v) is 17.8. The van der Waals surface area contributed by atoms with Crippen molar-refractivity contribution in [2.24, 2.45) is 5.10 Å². The lowest BCUT2D eigenvalue weighted by molar-refractivity contribution is -0.136. The van der Waals surface area contributed by atoms with Gasteiger partial charge < -0.3 is 10.1 Å². The summed E-state index contributed by atoms with van der Waals surface area (Å²) in [7, 11) is 0. The van der Waals surface area contributed by atoms with Crippen molar-refractivity contribution in [2.45, 2.75) is 20.3 Å². The van der Waals surface area contributed by atoms with Crippen LogP contribution in [0.2, 0.25) is 0 Å². The molecule has 2 amide bonds. The fourth-order valence-corrected chi connectivity index (χ4v) is 2.79. The molecule has 0 spiro atoms. The van der Waals surface area contributed by atoms with Gasteiger partial charge in [-0.2, -0.15) is 5.10 Å². The summed E-state index contributed by atoms with van der Waals surface area (Å²) < 4.78 is 5.35. The zero-order chi connectivity index (χ0) is 22.9. The Kier molecular flexibility index (Phi) is 7.48. The minimum Gasteiger partial charge on any atom is -0.423 e. The first-order chi connectivity index (χ1) is 15.4. The van der Waals surface area contributed by atoms with Crippen LogP contribution in [0.1, 0.15) is 34.0 Å². The van der Waals surface area contributed by atoms with Crippen molar-refractivity contribution in [1.82, 2.24) is 5.43 Å². The fraction of sp³-hybridized carbons (Fsp3) is 0.120. The lowest BCUT2D eigenvalue weighted by Crippen LogP contribution is -2.32. The maximum Gasteiger partial charge on any atom is 0.343 e. The average molecular weight is 429 g/mol. The third kappa shape index (κ3) is 6.37. The maximum atomic E-state index is 12.2. The van der Waals surface area contributed by atoms with Crippen LogP contribution in [0.25, 0.3) is 0 Å². The third-order valence-corrected chi connectivity index (χ3v) is 4.55. The molecule has 32 heavy (non-hydrogen) atoms. The highest BCUT2D eigenvalue weighted by Crippen LogP contribution is 2.14. The van der Waals surface area contributed by atoms with Gasteiger partial charge in [-0.05, 0) is 73.0 Å². The number of anilines is 1. The molecule has 0 aliphatic rings. The molecule has 2 N–H and O–H groups in total. The molecular formula is C25H23N3O4. The molecule has 0 atom stereocenters. The van der Waals surface area contributed by atoms with Gasteiger partial charge in [0.25, 0.3) is 0 Å². The zero-order valence-electron chi connectivity index (χ0n) is 17.8. The highest BCUT2D eigenvalue weighted by molar-refractivity contribution is 6.39. The summed E-state index contributed by atoms with van der Waals surface area (Å²) in [6, 6.07) is 20.9. The van der Waals surface area contributed by atoms with Gasteiger partial charge in [0.1, 0.15) is 5.75 Å². The molecule has 3 rings (SSSR count). The number of carbonyl (C=O) groups is 3. The second-order valence-corrected chi connectivity index (χ2v) is 7.03. The number of nitrogens with one attached hydrogen (secondary N) is 2. The van der Waals surface area contributed by atoms with E-state index in [-0.39, 0.29) is 0 Å². The van der Waals surface area contributed by atoms with Gasteiger partial charge in [-0.15, -0.1) is 0 Å². The number of hydrazone groups is 1. The van der Waals surface area contributed by atoms with Crippen LogP contribution in [0.5, 0.6) is 5.75 Å². The van der Waals surface area contributed by atoms with Gasteiger partial charge in [-0.1, -0.05) is 36.8 Å². The lowest BCUT2D eigenvalue weighted by atomic mass is 10.1. The van der Waals surface area contributed by atoms with Gasteiger partial charge in [0.05, 0.1) is 11.8 Å². The number of amides is 2. The molecule has 0 radical (unpaired) electrons. The number of nitrogens with zero attached hydrogens (tertiary/aromatic N) is 1. The van der Waals surface area contributed by atoms with E-state index in [9.17, 15) is 14.4 Å². The molecule has 0 fully saturated rings. The predicted molar refractivity (Wildman–Crippen MR) is 123 cm³/mol. The van der Waals surface area contributed by atoms with Gasteiger partial charge in [0.15, 0.2) is 0 Å². The van der Waals surface area contributed by atoms with E-state index in [1.54, 1.807) is 54.6 Å². The van der Waals surface area contributed by atoms with E-state index in [1.165, 1.54) is 6.21 Å². The number of hydrogen-bond acceptors (Lipinski definition) is 5. The van der Waals surface area contributed by atoms with Crippen LogP contribution in [0.4, 0.5) is 5.69 Å². The number of hydrogen-bond donors (Lipinski definition) is 2. The SMILES string of the molecule is CCc1ccc(NC(=O)C(=O)N/N=C/c2ccc(OC(=O)c3cccc(C)c3)cc2)cc1. The lowest BCUT2D eigenvalue weighted by Gasteiger charge is -2.05. The van der Waals surface area contributed by atoms with E-state index < -0.39 is 17.8 Å². The Morgan fingerprint density at radius 2 is 1.66 bits per heavy atom. The van der Waals surface area contributed by atoms with Crippen LogP contribution < -0.4 is 15.5 Å². The highest BCUT2D eigenvalue weighted by atomic mass is 16.5. The monoisotopic (exact) mass is 429 g/mol. The van der Waals surface area contributed by atoms with E-state index in [0.717, 1.165) is 17.5 Å². The number of esters is 1. The average Bonchev–Trinajstić information content (AvgIpc) is 2.80. The summed E-state index contributed by atoms with van der Waals surface area (Å²) in [6.07, 6.45) is 2.27. The number of rotatable bonds is 6. The van der Waals surface area contributed by atoms with Crippen molar-refractivity contribution in [2.75, 3.05) is 5.32 Å². The summed E-state index contributed by atoms with van der Waals surface area (Å²) in [4.78, 5) is 36.0. The van der Waals surface area contributed by atoms with Crippen LogP contribution in [0.3, 0.4) is 0 Å². The number of aryl methyl sites for hydroxylation is 2. The molecule has 0 saturated heterocycles. The smallest absolute Gasteiger partial charge is 0.343 e. The normalized spacial score (nSPS) is 10.6. The molecule has 3 aromatic carbocycles. The molecule has 162 valence electrons. The first-order valence-electron chi connectivity index (χ1n) is 10.1. The second-order valence-electron chi connectivity index (χ2n) is 7.03. The van der Waals surface area contributed by atoms with Crippen molar-refractivity contribution < 1.29 is 19.1 Å². The Balaban J connectivity index is 1.50. The largest absolute Gasteiger partial charge is 0.423 e. The van der Waals surface area contributed by atoms with Crippen LogP contribution in [-0.4, -0.2) is 24.0 Å². The van der Waals surface area contributed by atoms with Crippen LogP contribution in [0, 0.1) is 6.92 Å². The van der Waals surface area contributed by atoms with Crippen molar-refractivity contribution in [3.05, 3.63) is 95.1 Å². The van der Waals surface area contributed by atoms with Crippen molar-refractivity contribution in [3.8, 4) is 5.75 Å². The van der Waals surface area contributed by atoms with Gasteiger partial charge in [-0.25, -0.2) is 10.2 Å². The third-order valence-electron chi connectivity index (χ3n) is 4.55. The summed E-state index contributed by atoms with van der Waals surface area (Å²) in [5.41, 5.74) is 5.93.